The Morgan fingerprint density at radius 2 is 1.79 bits per heavy atom. The molecule has 1 atom stereocenters. The molecule has 2 aromatic carbocycles. The maximum absolute atomic E-state index is 12.1. The Morgan fingerprint density at radius 1 is 1.14 bits per heavy atom. The van der Waals surface area contributed by atoms with Crippen LogP contribution in [-0.4, -0.2) is 37.8 Å². The summed E-state index contributed by atoms with van der Waals surface area (Å²) in [6.07, 6.45) is 0.117. The lowest BCUT2D eigenvalue weighted by Crippen LogP contribution is -2.39. The van der Waals surface area contributed by atoms with Gasteiger partial charge in [0.2, 0.25) is 0 Å². The van der Waals surface area contributed by atoms with Crippen molar-refractivity contribution in [2.24, 2.45) is 0 Å². The summed E-state index contributed by atoms with van der Waals surface area (Å²) in [4.78, 5) is 12.1. The number of phenols is 1. The van der Waals surface area contributed by atoms with Crippen molar-refractivity contribution >= 4 is 16.1 Å². The molecule has 0 fully saturated rings. The average Bonchev–Trinajstić information content (AvgIpc) is 2.59. The van der Waals surface area contributed by atoms with Crippen LogP contribution in [0.1, 0.15) is 42.8 Å². The van der Waals surface area contributed by atoms with E-state index in [1.54, 1.807) is 36.4 Å². The zero-order valence-corrected chi connectivity index (χ0v) is 17.1. The van der Waals surface area contributed by atoms with Gasteiger partial charge in [0, 0.05) is 12.1 Å². The fraction of sp³-hybridized carbons (Fsp3) is 0.350. The van der Waals surface area contributed by atoms with Crippen LogP contribution in [0.2, 0.25) is 0 Å². The second kappa shape index (κ2) is 8.72. The number of carbonyl (C=O) groups is 1. The van der Waals surface area contributed by atoms with Gasteiger partial charge in [-0.15, -0.1) is 0 Å². The SMILES string of the molecule is CC(C)(C)NCC(OS(C)(=O)=O)c1ccc(OC(=O)c2ccccc2)c(O)c1. The van der Waals surface area contributed by atoms with Gasteiger partial charge in [-0.05, 0) is 50.6 Å². The van der Waals surface area contributed by atoms with Gasteiger partial charge in [-0.25, -0.2) is 4.79 Å². The highest BCUT2D eigenvalue weighted by molar-refractivity contribution is 7.86. The number of hydrogen-bond acceptors (Lipinski definition) is 7. The smallest absolute Gasteiger partial charge is 0.343 e. The molecule has 0 aliphatic carbocycles. The molecule has 1 unspecified atom stereocenters. The molecular formula is C20H25NO6S. The van der Waals surface area contributed by atoms with Crippen LogP contribution in [0.25, 0.3) is 0 Å². The number of esters is 1. The van der Waals surface area contributed by atoms with Crippen LogP contribution >= 0.6 is 0 Å². The van der Waals surface area contributed by atoms with Gasteiger partial charge >= 0.3 is 5.97 Å². The minimum Gasteiger partial charge on any atom is -0.504 e. The molecule has 0 aliphatic heterocycles. The number of aromatic hydroxyl groups is 1. The van der Waals surface area contributed by atoms with Crippen molar-refractivity contribution < 1.29 is 27.2 Å². The molecule has 2 rings (SSSR count). The first kappa shape index (κ1) is 21.9. The van der Waals surface area contributed by atoms with Gasteiger partial charge in [0.1, 0.15) is 6.10 Å². The summed E-state index contributed by atoms with van der Waals surface area (Å²) in [5, 5.41) is 13.4. The predicted molar refractivity (Wildman–Crippen MR) is 106 cm³/mol. The quantitative estimate of drug-likeness (QED) is 0.413. The Bertz CT molecular complexity index is 919. The maximum Gasteiger partial charge on any atom is 0.343 e. The van der Waals surface area contributed by atoms with Gasteiger partial charge in [0.25, 0.3) is 10.1 Å². The molecule has 8 heteroatoms. The third-order valence-electron chi connectivity index (χ3n) is 3.68. The van der Waals surface area contributed by atoms with Crippen molar-refractivity contribution in [2.45, 2.75) is 32.4 Å². The fourth-order valence-electron chi connectivity index (χ4n) is 2.37. The molecule has 2 aromatic rings. The topological polar surface area (TPSA) is 102 Å². The van der Waals surface area contributed by atoms with Gasteiger partial charge in [-0.2, -0.15) is 8.42 Å². The maximum atomic E-state index is 12.1. The Morgan fingerprint density at radius 3 is 2.32 bits per heavy atom. The highest BCUT2D eigenvalue weighted by Crippen LogP contribution is 2.31. The molecule has 152 valence electrons. The molecule has 0 aromatic heterocycles. The lowest BCUT2D eigenvalue weighted by Gasteiger charge is -2.25. The Kier molecular flexibility index (Phi) is 6.82. The first-order chi connectivity index (χ1) is 12.9. The third kappa shape index (κ3) is 6.95. The third-order valence-corrected chi connectivity index (χ3v) is 4.26. The number of hydrogen-bond donors (Lipinski definition) is 2. The van der Waals surface area contributed by atoms with Crippen molar-refractivity contribution in [3.05, 3.63) is 59.7 Å². The first-order valence-electron chi connectivity index (χ1n) is 8.68. The van der Waals surface area contributed by atoms with Crippen LogP contribution < -0.4 is 10.1 Å². The van der Waals surface area contributed by atoms with Crippen LogP contribution in [0.15, 0.2) is 48.5 Å². The van der Waals surface area contributed by atoms with E-state index in [9.17, 15) is 18.3 Å². The minimum atomic E-state index is -3.72. The predicted octanol–water partition coefficient (Wildman–Crippen LogP) is 3.02. The summed E-state index contributed by atoms with van der Waals surface area (Å²) < 4.78 is 33.6. The van der Waals surface area contributed by atoms with Crippen molar-refractivity contribution in [2.75, 3.05) is 12.8 Å². The normalized spacial score (nSPS) is 13.1. The van der Waals surface area contributed by atoms with E-state index >= 15 is 0 Å². The van der Waals surface area contributed by atoms with Crippen molar-refractivity contribution in [3.8, 4) is 11.5 Å². The molecule has 0 aliphatic rings. The number of benzene rings is 2. The van der Waals surface area contributed by atoms with E-state index in [0.29, 0.717) is 11.1 Å². The molecule has 0 radical (unpaired) electrons. The van der Waals surface area contributed by atoms with E-state index in [-0.39, 0.29) is 23.6 Å². The van der Waals surface area contributed by atoms with Gasteiger partial charge in [0.15, 0.2) is 11.5 Å². The van der Waals surface area contributed by atoms with Crippen LogP contribution in [0.5, 0.6) is 11.5 Å². The van der Waals surface area contributed by atoms with E-state index in [2.05, 4.69) is 5.32 Å². The summed E-state index contributed by atoms with van der Waals surface area (Å²) in [5.74, 6) is -0.930. The van der Waals surface area contributed by atoms with Crippen LogP contribution in [0.4, 0.5) is 0 Å². The van der Waals surface area contributed by atoms with Crippen LogP contribution in [-0.2, 0) is 14.3 Å². The van der Waals surface area contributed by atoms with Gasteiger partial charge < -0.3 is 15.2 Å². The Hall–Kier alpha value is -2.42. The first-order valence-corrected chi connectivity index (χ1v) is 10.5. The summed E-state index contributed by atoms with van der Waals surface area (Å²) in [7, 11) is -3.72. The number of carbonyl (C=O) groups excluding carboxylic acids is 1. The van der Waals surface area contributed by atoms with Crippen molar-refractivity contribution in [1.29, 1.82) is 0 Å². The monoisotopic (exact) mass is 407 g/mol. The molecule has 0 saturated carbocycles. The molecule has 0 amide bonds. The molecule has 0 spiro atoms. The zero-order valence-electron chi connectivity index (χ0n) is 16.3. The highest BCUT2D eigenvalue weighted by atomic mass is 32.2. The molecule has 7 nitrogen and oxygen atoms in total. The Balaban J connectivity index is 2.21. The number of nitrogens with one attached hydrogen (secondary N) is 1. The van der Waals surface area contributed by atoms with Crippen molar-refractivity contribution in [1.82, 2.24) is 5.32 Å². The number of rotatable bonds is 7. The highest BCUT2D eigenvalue weighted by Gasteiger charge is 2.22. The molecule has 28 heavy (non-hydrogen) atoms. The van der Waals surface area contributed by atoms with Gasteiger partial charge in [0.05, 0.1) is 11.8 Å². The second-order valence-corrected chi connectivity index (χ2v) is 9.00. The minimum absolute atomic E-state index is 0.0283. The van der Waals surface area contributed by atoms with Gasteiger partial charge in [-0.1, -0.05) is 24.3 Å². The standard InChI is InChI=1S/C20H25NO6S/c1-20(2,3)21-13-18(27-28(4,24)25)15-10-11-17(16(22)12-15)26-19(23)14-8-6-5-7-9-14/h5-12,18,21-22H,13H2,1-4H3. The fourth-order valence-corrected chi connectivity index (χ4v) is 2.97. The average molecular weight is 407 g/mol. The number of ether oxygens (including phenoxy) is 1. The molecule has 0 saturated heterocycles. The molecule has 0 heterocycles. The summed E-state index contributed by atoms with van der Waals surface area (Å²) in [6.45, 7) is 6.02. The van der Waals surface area contributed by atoms with E-state index in [0.717, 1.165) is 6.26 Å². The van der Waals surface area contributed by atoms with E-state index in [1.807, 2.05) is 20.8 Å². The van der Waals surface area contributed by atoms with E-state index in [1.165, 1.54) is 12.1 Å². The van der Waals surface area contributed by atoms with Gasteiger partial charge in [-0.3, -0.25) is 4.18 Å². The Labute approximate surface area is 165 Å². The zero-order chi connectivity index (χ0) is 20.9. The van der Waals surface area contributed by atoms with Crippen molar-refractivity contribution in [3.63, 3.8) is 0 Å². The lowest BCUT2D eigenvalue weighted by atomic mass is 10.1. The summed E-state index contributed by atoms with van der Waals surface area (Å²) in [6, 6.07) is 12.7. The molecule has 0 bridgehead atoms. The molecule has 2 N–H and O–H groups in total. The van der Waals surface area contributed by atoms with Crippen LogP contribution in [0, 0.1) is 0 Å². The van der Waals surface area contributed by atoms with E-state index < -0.39 is 22.2 Å². The summed E-state index contributed by atoms with van der Waals surface area (Å²) in [5.41, 5.74) is 0.518. The number of phenolic OH excluding ortho intramolecular Hbond substituents is 1. The van der Waals surface area contributed by atoms with Crippen LogP contribution in [0.3, 0.4) is 0 Å². The summed E-state index contributed by atoms with van der Waals surface area (Å²) >= 11 is 0. The largest absolute Gasteiger partial charge is 0.504 e. The lowest BCUT2D eigenvalue weighted by molar-refractivity contribution is 0.0729. The molecular weight excluding hydrogens is 382 g/mol. The van der Waals surface area contributed by atoms with E-state index in [4.69, 9.17) is 8.92 Å². The second-order valence-electron chi connectivity index (χ2n) is 7.40.